The van der Waals surface area contributed by atoms with E-state index in [1.165, 1.54) is 43.8 Å². The number of rotatable bonds is 7. The van der Waals surface area contributed by atoms with Gasteiger partial charge in [0.25, 0.3) is 0 Å². The number of thiazole rings is 1. The number of hydrogen-bond acceptors (Lipinski definition) is 4. The highest BCUT2D eigenvalue weighted by atomic mass is 32.1. The van der Waals surface area contributed by atoms with Crippen molar-refractivity contribution in [3.8, 4) is 0 Å². The van der Waals surface area contributed by atoms with Gasteiger partial charge >= 0.3 is 0 Å². The molecule has 2 N–H and O–H groups in total. The minimum absolute atomic E-state index is 0.545. The number of aromatic nitrogens is 1. The molecular formula is C14H25N3S. The van der Waals surface area contributed by atoms with Crippen LogP contribution in [0, 0.1) is 5.92 Å². The van der Waals surface area contributed by atoms with Crippen LogP contribution in [0.4, 0.5) is 0 Å². The lowest BCUT2D eigenvalue weighted by atomic mass is 9.93. The zero-order chi connectivity index (χ0) is 12.6. The third kappa shape index (κ3) is 4.67. The van der Waals surface area contributed by atoms with Crippen molar-refractivity contribution in [3.63, 3.8) is 0 Å². The first kappa shape index (κ1) is 14.0. The van der Waals surface area contributed by atoms with Crippen molar-refractivity contribution in [1.29, 1.82) is 0 Å². The summed E-state index contributed by atoms with van der Waals surface area (Å²) in [5.41, 5.74) is 0. The van der Waals surface area contributed by atoms with Crippen LogP contribution in [0.1, 0.15) is 43.5 Å². The molecule has 2 heterocycles. The lowest BCUT2D eigenvalue weighted by molar-refractivity contribution is 0.344. The summed E-state index contributed by atoms with van der Waals surface area (Å²) in [6.07, 6.45) is 7.34. The third-order valence-electron chi connectivity index (χ3n) is 3.75. The number of nitrogens with zero attached hydrogens (tertiary/aromatic N) is 1. The van der Waals surface area contributed by atoms with Crippen molar-refractivity contribution in [2.45, 2.75) is 38.5 Å². The normalized spacial score (nSPS) is 18.9. The van der Waals surface area contributed by atoms with E-state index in [0.717, 1.165) is 19.0 Å². The second-order valence-corrected chi connectivity index (χ2v) is 6.24. The van der Waals surface area contributed by atoms with E-state index in [1.807, 2.05) is 6.20 Å². The highest BCUT2D eigenvalue weighted by molar-refractivity contribution is 7.09. The smallest absolute Gasteiger partial charge is 0.0965 e. The summed E-state index contributed by atoms with van der Waals surface area (Å²) in [7, 11) is 0. The maximum absolute atomic E-state index is 4.36. The summed E-state index contributed by atoms with van der Waals surface area (Å²) in [5, 5.41) is 10.3. The molecular weight excluding hydrogens is 242 g/mol. The van der Waals surface area contributed by atoms with E-state index in [9.17, 15) is 0 Å². The molecule has 1 aliphatic heterocycles. The monoisotopic (exact) mass is 267 g/mol. The van der Waals surface area contributed by atoms with Crippen LogP contribution < -0.4 is 10.6 Å². The van der Waals surface area contributed by atoms with E-state index in [0.29, 0.717) is 5.92 Å². The summed E-state index contributed by atoms with van der Waals surface area (Å²) in [6.45, 7) is 6.90. The first-order chi connectivity index (χ1) is 8.86. The van der Waals surface area contributed by atoms with Gasteiger partial charge in [0.2, 0.25) is 0 Å². The molecule has 1 fully saturated rings. The molecule has 0 bridgehead atoms. The molecule has 0 saturated carbocycles. The minimum atomic E-state index is 0.545. The predicted molar refractivity (Wildman–Crippen MR) is 78.2 cm³/mol. The molecule has 102 valence electrons. The van der Waals surface area contributed by atoms with Gasteiger partial charge in [-0.3, -0.25) is 0 Å². The Morgan fingerprint density at radius 2 is 2.33 bits per heavy atom. The molecule has 1 aromatic heterocycles. The average molecular weight is 267 g/mol. The average Bonchev–Trinajstić information content (AvgIpc) is 2.93. The second-order valence-electron chi connectivity index (χ2n) is 5.31. The van der Waals surface area contributed by atoms with Crippen LogP contribution >= 0.6 is 11.3 Å². The molecule has 4 heteroatoms. The van der Waals surface area contributed by atoms with Gasteiger partial charge in [-0.1, -0.05) is 6.92 Å². The van der Waals surface area contributed by atoms with E-state index in [2.05, 4.69) is 27.9 Å². The molecule has 2 rings (SSSR count). The molecule has 0 amide bonds. The summed E-state index contributed by atoms with van der Waals surface area (Å²) in [4.78, 5) is 4.36. The van der Waals surface area contributed by atoms with Gasteiger partial charge in [-0.25, -0.2) is 4.98 Å². The van der Waals surface area contributed by atoms with Crippen LogP contribution in [0.3, 0.4) is 0 Å². The van der Waals surface area contributed by atoms with Crippen LogP contribution in [0.2, 0.25) is 0 Å². The Morgan fingerprint density at radius 3 is 3.06 bits per heavy atom. The fourth-order valence-corrected chi connectivity index (χ4v) is 3.27. The van der Waals surface area contributed by atoms with Crippen molar-refractivity contribution in [2.24, 2.45) is 5.92 Å². The highest BCUT2D eigenvalue weighted by Crippen LogP contribution is 2.18. The van der Waals surface area contributed by atoms with Crippen molar-refractivity contribution in [3.05, 3.63) is 16.6 Å². The Labute approximate surface area is 114 Å². The topological polar surface area (TPSA) is 37.0 Å². The lowest BCUT2D eigenvalue weighted by Crippen LogP contribution is -2.28. The Bertz CT molecular complexity index is 307. The van der Waals surface area contributed by atoms with Crippen LogP contribution in [-0.2, 0) is 0 Å². The number of hydrogen-bond donors (Lipinski definition) is 2. The molecule has 1 saturated heterocycles. The molecule has 0 aliphatic carbocycles. The maximum Gasteiger partial charge on any atom is 0.0965 e. The Hall–Kier alpha value is -0.450. The van der Waals surface area contributed by atoms with Gasteiger partial charge in [-0.2, -0.15) is 0 Å². The Balaban J connectivity index is 1.50. The highest BCUT2D eigenvalue weighted by Gasteiger charge is 2.12. The van der Waals surface area contributed by atoms with Gasteiger partial charge in [0.1, 0.15) is 0 Å². The van der Waals surface area contributed by atoms with Gasteiger partial charge in [0.15, 0.2) is 0 Å². The van der Waals surface area contributed by atoms with Crippen molar-refractivity contribution in [2.75, 3.05) is 26.2 Å². The number of nitrogens with one attached hydrogen (secondary N) is 2. The van der Waals surface area contributed by atoms with Gasteiger partial charge < -0.3 is 10.6 Å². The standard InChI is InChI=1S/C14H25N3S/c1-12(14-17-9-10-18-14)11-16-6-2-3-13-4-7-15-8-5-13/h9-10,12-13,15-16H,2-8,11H2,1H3. The lowest BCUT2D eigenvalue weighted by Gasteiger charge is -2.22. The molecule has 0 spiro atoms. The molecule has 1 aliphatic rings. The largest absolute Gasteiger partial charge is 0.317 e. The molecule has 0 radical (unpaired) electrons. The van der Waals surface area contributed by atoms with E-state index in [1.54, 1.807) is 11.3 Å². The first-order valence-corrected chi connectivity index (χ1v) is 8.05. The van der Waals surface area contributed by atoms with Gasteiger partial charge in [-0.05, 0) is 51.2 Å². The molecule has 0 aromatic carbocycles. The van der Waals surface area contributed by atoms with Crippen LogP contribution in [0.5, 0.6) is 0 Å². The summed E-state index contributed by atoms with van der Waals surface area (Å²) in [6, 6.07) is 0. The van der Waals surface area contributed by atoms with Crippen LogP contribution in [0.15, 0.2) is 11.6 Å². The Morgan fingerprint density at radius 1 is 1.50 bits per heavy atom. The zero-order valence-corrected chi connectivity index (χ0v) is 12.1. The number of piperidine rings is 1. The van der Waals surface area contributed by atoms with E-state index < -0.39 is 0 Å². The van der Waals surface area contributed by atoms with Crippen molar-refractivity contribution < 1.29 is 0 Å². The molecule has 1 unspecified atom stereocenters. The molecule has 1 aromatic rings. The van der Waals surface area contributed by atoms with Gasteiger partial charge in [0, 0.05) is 24.0 Å². The maximum atomic E-state index is 4.36. The quantitative estimate of drug-likeness (QED) is 0.746. The summed E-state index contributed by atoms with van der Waals surface area (Å²) < 4.78 is 0. The summed E-state index contributed by atoms with van der Waals surface area (Å²) in [5.74, 6) is 1.51. The van der Waals surface area contributed by atoms with Crippen LogP contribution in [0.25, 0.3) is 0 Å². The SMILES string of the molecule is CC(CNCCCC1CCNCC1)c1nccs1. The van der Waals surface area contributed by atoms with E-state index in [-0.39, 0.29) is 0 Å². The fourth-order valence-electron chi connectivity index (χ4n) is 2.57. The molecule has 18 heavy (non-hydrogen) atoms. The molecule has 3 nitrogen and oxygen atoms in total. The van der Waals surface area contributed by atoms with E-state index >= 15 is 0 Å². The first-order valence-electron chi connectivity index (χ1n) is 7.17. The fraction of sp³-hybridized carbons (Fsp3) is 0.786. The Kier molecular flexibility index (Phi) is 6.11. The molecule has 1 atom stereocenters. The van der Waals surface area contributed by atoms with Crippen molar-refractivity contribution >= 4 is 11.3 Å². The van der Waals surface area contributed by atoms with Crippen molar-refractivity contribution in [1.82, 2.24) is 15.6 Å². The van der Waals surface area contributed by atoms with E-state index in [4.69, 9.17) is 0 Å². The predicted octanol–water partition coefficient (Wildman–Crippen LogP) is 2.62. The third-order valence-corrected chi connectivity index (χ3v) is 4.76. The zero-order valence-electron chi connectivity index (χ0n) is 11.3. The second kappa shape index (κ2) is 7.87. The van der Waals surface area contributed by atoms with Crippen LogP contribution in [-0.4, -0.2) is 31.2 Å². The van der Waals surface area contributed by atoms with Gasteiger partial charge in [-0.15, -0.1) is 11.3 Å². The minimum Gasteiger partial charge on any atom is -0.317 e. The van der Waals surface area contributed by atoms with Gasteiger partial charge in [0.05, 0.1) is 5.01 Å². The summed E-state index contributed by atoms with van der Waals surface area (Å²) >= 11 is 1.76.